The largest absolute Gasteiger partial charge is 0.326 e. The van der Waals surface area contributed by atoms with Crippen molar-refractivity contribution in [3.8, 4) is 12.3 Å². The minimum absolute atomic E-state index is 0.0432. The Hall–Kier alpha value is -1.06. The molecule has 3 atom stereocenters. The first-order chi connectivity index (χ1) is 8.94. The van der Waals surface area contributed by atoms with Gasteiger partial charge in [0.05, 0.1) is 24.1 Å². The maximum atomic E-state index is 12.5. The van der Waals surface area contributed by atoms with Crippen LogP contribution in [0.15, 0.2) is 0 Å². The molecule has 2 heterocycles. The van der Waals surface area contributed by atoms with Crippen LogP contribution in [0, 0.1) is 18.3 Å². The molecule has 0 radical (unpaired) electrons. The maximum Gasteiger partial charge on any atom is 0.241 e. The molecule has 0 aromatic heterocycles. The minimum Gasteiger partial charge on any atom is -0.326 e. The first kappa shape index (κ1) is 14.4. The van der Waals surface area contributed by atoms with Crippen molar-refractivity contribution in [1.82, 2.24) is 10.2 Å². The van der Waals surface area contributed by atoms with Gasteiger partial charge in [-0.3, -0.25) is 4.79 Å². The van der Waals surface area contributed by atoms with Gasteiger partial charge >= 0.3 is 0 Å². The van der Waals surface area contributed by atoms with Crippen LogP contribution in [0.1, 0.15) is 19.8 Å². The Morgan fingerprint density at radius 1 is 1.47 bits per heavy atom. The van der Waals surface area contributed by atoms with Crippen molar-refractivity contribution < 1.29 is 13.2 Å². The molecule has 0 spiro atoms. The van der Waals surface area contributed by atoms with Gasteiger partial charge in [-0.25, -0.2) is 8.42 Å². The van der Waals surface area contributed by atoms with Crippen LogP contribution in [-0.2, 0) is 14.6 Å². The molecular weight excluding hydrogens is 264 g/mol. The lowest BCUT2D eigenvalue weighted by atomic mass is 10.0. The number of hydrogen-bond donors (Lipinski definition) is 1. The van der Waals surface area contributed by atoms with Gasteiger partial charge in [-0.15, -0.1) is 6.42 Å². The molecule has 0 aromatic rings. The quantitative estimate of drug-likeness (QED) is 0.718. The molecule has 0 saturated carbocycles. The third-order valence-electron chi connectivity index (χ3n) is 3.99. The number of terminal acetylenes is 1. The topological polar surface area (TPSA) is 66.5 Å². The van der Waals surface area contributed by atoms with E-state index in [1.54, 1.807) is 4.90 Å². The van der Waals surface area contributed by atoms with Crippen LogP contribution >= 0.6 is 0 Å². The van der Waals surface area contributed by atoms with Gasteiger partial charge < -0.3 is 10.2 Å². The highest BCUT2D eigenvalue weighted by atomic mass is 32.2. The van der Waals surface area contributed by atoms with Crippen LogP contribution in [0.25, 0.3) is 0 Å². The number of hydrogen-bond acceptors (Lipinski definition) is 4. The number of rotatable bonds is 3. The molecule has 2 rings (SSSR count). The molecule has 106 valence electrons. The lowest BCUT2D eigenvalue weighted by Gasteiger charge is -2.30. The molecule has 0 aromatic carbocycles. The average molecular weight is 284 g/mol. The summed E-state index contributed by atoms with van der Waals surface area (Å²) in [5.74, 6) is 2.89. The molecule has 0 aliphatic carbocycles. The van der Waals surface area contributed by atoms with Gasteiger partial charge in [0.2, 0.25) is 5.91 Å². The Morgan fingerprint density at radius 3 is 2.68 bits per heavy atom. The molecule has 2 aliphatic rings. The van der Waals surface area contributed by atoms with E-state index in [1.165, 1.54) is 0 Å². The van der Waals surface area contributed by atoms with Crippen molar-refractivity contribution in [1.29, 1.82) is 0 Å². The van der Waals surface area contributed by atoms with Gasteiger partial charge in [0.1, 0.15) is 0 Å². The SMILES string of the molecule is C#CCN(C(=O)C1NCCC1C)C1CCS(=O)(=O)C1. The fourth-order valence-electron chi connectivity index (χ4n) is 2.85. The molecular formula is C13H20N2O3S. The van der Waals surface area contributed by atoms with Gasteiger partial charge in [0.25, 0.3) is 0 Å². The second-order valence-electron chi connectivity index (χ2n) is 5.42. The highest BCUT2D eigenvalue weighted by molar-refractivity contribution is 7.91. The Labute approximate surface area is 114 Å². The molecule has 1 amide bonds. The molecule has 6 heteroatoms. The standard InChI is InChI=1S/C13H20N2O3S/c1-3-7-15(11-5-8-19(17,18)9-11)13(16)12-10(2)4-6-14-12/h1,10-12,14H,4-9H2,2H3. The monoisotopic (exact) mass is 284 g/mol. The van der Waals surface area contributed by atoms with E-state index in [0.29, 0.717) is 6.42 Å². The van der Waals surface area contributed by atoms with E-state index in [-0.39, 0.29) is 42.0 Å². The molecule has 0 bridgehead atoms. The summed E-state index contributed by atoms with van der Waals surface area (Å²) < 4.78 is 23.1. The van der Waals surface area contributed by atoms with Crippen LogP contribution < -0.4 is 5.32 Å². The number of carbonyl (C=O) groups excluding carboxylic acids is 1. The van der Waals surface area contributed by atoms with Crippen LogP contribution in [0.2, 0.25) is 0 Å². The van der Waals surface area contributed by atoms with Crippen molar-refractivity contribution in [2.24, 2.45) is 5.92 Å². The number of nitrogens with zero attached hydrogens (tertiary/aromatic N) is 1. The molecule has 3 unspecified atom stereocenters. The molecule has 2 fully saturated rings. The Kier molecular flexibility index (Phi) is 4.16. The summed E-state index contributed by atoms with van der Waals surface area (Å²) in [5.41, 5.74) is 0. The molecule has 5 nitrogen and oxygen atoms in total. The van der Waals surface area contributed by atoms with E-state index in [4.69, 9.17) is 6.42 Å². The first-order valence-corrected chi connectivity index (χ1v) is 8.44. The van der Waals surface area contributed by atoms with Gasteiger partial charge in [-0.2, -0.15) is 0 Å². The fraction of sp³-hybridized carbons (Fsp3) is 0.769. The number of carbonyl (C=O) groups is 1. The van der Waals surface area contributed by atoms with E-state index in [2.05, 4.69) is 11.2 Å². The molecule has 2 saturated heterocycles. The second-order valence-corrected chi connectivity index (χ2v) is 7.65. The van der Waals surface area contributed by atoms with Crippen molar-refractivity contribution in [2.75, 3.05) is 24.6 Å². The van der Waals surface area contributed by atoms with Crippen LogP contribution in [0.4, 0.5) is 0 Å². The van der Waals surface area contributed by atoms with Crippen LogP contribution in [-0.4, -0.2) is 55.9 Å². The fourth-order valence-corrected chi connectivity index (χ4v) is 4.58. The van der Waals surface area contributed by atoms with E-state index in [0.717, 1.165) is 13.0 Å². The summed E-state index contributed by atoms with van der Waals surface area (Å²) >= 11 is 0. The van der Waals surface area contributed by atoms with E-state index in [1.807, 2.05) is 6.92 Å². The summed E-state index contributed by atoms with van der Waals surface area (Å²) in [5, 5.41) is 3.18. The van der Waals surface area contributed by atoms with Gasteiger partial charge in [0, 0.05) is 6.04 Å². The zero-order chi connectivity index (χ0) is 14.0. The summed E-state index contributed by atoms with van der Waals surface area (Å²) in [6.45, 7) is 3.04. The summed E-state index contributed by atoms with van der Waals surface area (Å²) in [6.07, 6.45) is 6.78. The van der Waals surface area contributed by atoms with E-state index < -0.39 is 9.84 Å². The summed E-state index contributed by atoms with van der Waals surface area (Å²) in [4.78, 5) is 14.1. The van der Waals surface area contributed by atoms with E-state index >= 15 is 0 Å². The normalized spacial score (nSPS) is 32.9. The number of amides is 1. The summed E-state index contributed by atoms with van der Waals surface area (Å²) in [6, 6.07) is -0.486. The predicted octanol–water partition coefficient (Wildman–Crippen LogP) is -0.367. The maximum absolute atomic E-state index is 12.5. The van der Waals surface area contributed by atoms with Crippen LogP contribution in [0.3, 0.4) is 0 Å². The highest BCUT2D eigenvalue weighted by Crippen LogP contribution is 2.22. The van der Waals surface area contributed by atoms with E-state index in [9.17, 15) is 13.2 Å². The van der Waals surface area contributed by atoms with Crippen LogP contribution in [0.5, 0.6) is 0 Å². The average Bonchev–Trinajstić information content (AvgIpc) is 2.91. The van der Waals surface area contributed by atoms with Crippen molar-refractivity contribution >= 4 is 15.7 Å². The third kappa shape index (κ3) is 3.10. The summed E-state index contributed by atoms with van der Waals surface area (Å²) in [7, 11) is -3.01. The molecule has 1 N–H and O–H groups in total. The lowest BCUT2D eigenvalue weighted by molar-refractivity contribution is -0.135. The highest BCUT2D eigenvalue weighted by Gasteiger charge is 2.39. The Bertz CT molecular complexity index is 495. The first-order valence-electron chi connectivity index (χ1n) is 6.62. The van der Waals surface area contributed by atoms with Gasteiger partial charge in [-0.05, 0) is 25.3 Å². The van der Waals surface area contributed by atoms with Crippen molar-refractivity contribution in [3.63, 3.8) is 0 Å². The smallest absolute Gasteiger partial charge is 0.241 e. The lowest BCUT2D eigenvalue weighted by Crippen LogP contribution is -2.50. The zero-order valence-corrected chi connectivity index (χ0v) is 11.9. The van der Waals surface area contributed by atoms with Crippen molar-refractivity contribution in [3.05, 3.63) is 0 Å². The Balaban J connectivity index is 2.12. The molecule has 19 heavy (non-hydrogen) atoms. The third-order valence-corrected chi connectivity index (χ3v) is 5.74. The number of nitrogens with one attached hydrogen (secondary N) is 1. The minimum atomic E-state index is -3.01. The zero-order valence-electron chi connectivity index (χ0n) is 11.1. The van der Waals surface area contributed by atoms with Crippen molar-refractivity contribution in [2.45, 2.75) is 31.8 Å². The second kappa shape index (κ2) is 5.51. The number of sulfone groups is 1. The predicted molar refractivity (Wildman–Crippen MR) is 73.2 cm³/mol. The van der Waals surface area contributed by atoms with Gasteiger partial charge in [-0.1, -0.05) is 12.8 Å². The van der Waals surface area contributed by atoms with Gasteiger partial charge in [0.15, 0.2) is 9.84 Å². The Morgan fingerprint density at radius 2 is 2.21 bits per heavy atom. The molecule has 2 aliphatic heterocycles.